The van der Waals surface area contributed by atoms with E-state index in [1.54, 1.807) is 31.2 Å². The summed E-state index contributed by atoms with van der Waals surface area (Å²) in [7, 11) is 0. The molecule has 0 saturated carbocycles. The summed E-state index contributed by atoms with van der Waals surface area (Å²) >= 11 is 12.6. The number of carbonyl (C=O) groups is 1. The molecule has 138 valence electrons. The second kappa shape index (κ2) is 7.42. The van der Waals surface area contributed by atoms with Crippen molar-refractivity contribution in [3.8, 4) is 11.4 Å². The van der Waals surface area contributed by atoms with E-state index in [9.17, 15) is 14.7 Å². The molecule has 0 aliphatic heterocycles. The van der Waals surface area contributed by atoms with Gasteiger partial charge in [0, 0.05) is 11.6 Å². The van der Waals surface area contributed by atoms with Crippen molar-refractivity contribution < 1.29 is 14.3 Å². The lowest BCUT2D eigenvalue weighted by molar-refractivity contribution is 0.104. The molecule has 0 aliphatic carbocycles. The summed E-state index contributed by atoms with van der Waals surface area (Å²) < 4.78 is 6.32. The summed E-state index contributed by atoms with van der Waals surface area (Å²) in [4.78, 5) is 24.2. The average Bonchev–Trinajstić information content (AvgIpc) is 2.86. The second-order valence-corrected chi connectivity index (χ2v) is 6.52. The fraction of sp³-hybridized carbons (Fsp3) is 0.105. The van der Waals surface area contributed by atoms with E-state index in [-0.39, 0.29) is 10.9 Å². The maximum Gasteiger partial charge on any atom is 0.351 e. The summed E-state index contributed by atoms with van der Waals surface area (Å²) in [5.74, 6) is -0.937. The first-order valence-electron chi connectivity index (χ1n) is 7.85. The molecule has 0 radical (unpaired) electrons. The Labute approximate surface area is 164 Å². The van der Waals surface area contributed by atoms with Crippen molar-refractivity contribution in [2.75, 3.05) is 0 Å². The van der Waals surface area contributed by atoms with E-state index in [0.717, 1.165) is 6.08 Å². The molecule has 27 heavy (non-hydrogen) atoms. The van der Waals surface area contributed by atoms with Gasteiger partial charge < -0.3 is 9.52 Å². The van der Waals surface area contributed by atoms with Gasteiger partial charge in [0.25, 0.3) is 0 Å². The molecule has 2 aromatic heterocycles. The third-order valence-corrected chi connectivity index (χ3v) is 4.51. The highest BCUT2D eigenvalue weighted by atomic mass is 35.5. The number of rotatable bonds is 4. The highest BCUT2D eigenvalue weighted by molar-refractivity contribution is 6.33. The largest absolute Gasteiger partial charge is 0.507 e. The van der Waals surface area contributed by atoms with Crippen LogP contribution in [0.5, 0.6) is 5.75 Å². The molecule has 0 bridgehead atoms. The maximum atomic E-state index is 12.3. The quantitative estimate of drug-likeness (QED) is 0.515. The number of para-hydroxylation sites is 1. The molecule has 8 heteroatoms. The van der Waals surface area contributed by atoms with Crippen LogP contribution in [0.2, 0.25) is 10.2 Å². The highest BCUT2D eigenvalue weighted by Crippen LogP contribution is 2.28. The number of halogens is 2. The molecule has 0 atom stereocenters. The Kier molecular flexibility index (Phi) is 5.21. The Balaban J connectivity index is 1.99. The fourth-order valence-electron chi connectivity index (χ4n) is 2.55. The van der Waals surface area contributed by atoms with Crippen LogP contribution in [0.3, 0.4) is 0 Å². The van der Waals surface area contributed by atoms with Crippen molar-refractivity contribution >= 4 is 35.1 Å². The van der Waals surface area contributed by atoms with Gasteiger partial charge in [0.15, 0.2) is 5.78 Å². The molecule has 2 heterocycles. The number of hydrogen-bond donors (Lipinski definition) is 1. The molecule has 0 amide bonds. The third-order valence-electron chi connectivity index (χ3n) is 3.83. The predicted molar refractivity (Wildman–Crippen MR) is 103 cm³/mol. The summed E-state index contributed by atoms with van der Waals surface area (Å²) in [6, 6.07) is 8.26. The lowest BCUT2D eigenvalue weighted by Crippen LogP contribution is -2.12. The number of benzene rings is 1. The van der Waals surface area contributed by atoms with E-state index >= 15 is 0 Å². The Morgan fingerprint density at radius 3 is 2.63 bits per heavy atom. The minimum absolute atomic E-state index is 0.206. The lowest BCUT2D eigenvalue weighted by atomic mass is 10.1. The van der Waals surface area contributed by atoms with Gasteiger partial charge in [-0.2, -0.15) is 5.10 Å². The zero-order valence-corrected chi connectivity index (χ0v) is 15.9. The van der Waals surface area contributed by atoms with Crippen LogP contribution in [0.25, 0.3) is 11.8 Å². The summed E-state index contributed by atoms with van der Waals surface area (Å²) in [5.41, 5.74) is 0.293. The van der Waals surface area contributed by atoms with Crippen molar-refractivity contribution in [1.82, 2.24) is 9.78 Å². The molecule has 3 rings (SSSR count). The van der Waals surface area contributed by atoms with Crippen LogP contribution in [-0.2, 0) is 0 Å². The molecule has 0 spiro atoms. The molecule has 6 nitrogen and oxygen atoms in total. The number of aryl methyl sites for hydroxylation is 2. The zero-order chi connectivity index (χ0) is 19.7. The summed E-state index contributed by atoms with van der Waals surface area (Å²) in [6.07, 6.45) is 2.56. The molecule has 0 saturated heterocycles. The van der Waals surface area contributed by atoms with Gasteiger partial charge in [-0.15, -0.1) is 0 Å². The third kappa shape index (κ3) is 3.67. The van der Waals surface area contributed by atoms with Crippen molar-refractivity contribution in [3.63, 3.8) is 0 Å². The molecular weight excluding hydrogens is 391 g/mol. The molecule has 3 aromatic rings. The van der Waals surface area contributed by atoms with Gasteiger partial charge in [0.1, 0.15) is 22.2 Å². The number of allylic oxidation sites excluding steroid dienone is 1. The van der Waals surface area contributed by atoms with E-state index < -0.39 is 22.7 Å². The maximum absolute atomic E-state index is 12.3. The van der Waals surface area contributed by atoms with E-state index in [0.29, 0.717) is 22.0 Å². The Hall–Kier alpha value is -2.83. The van der Waals surface area contributed by atoms with Crippen LogP contribution in [0.4, 0.5) is 0 Å². The van der Waals surface area contributed by atoms with Crippen LogP contribution in [0, 0.1) is 13.8 Å². The SMILES string of the molecule is Cc1cc(O)c(C(=O)/C=C/c2c(C)nn(-c3ccccc3Cl)c2Cl)c(=O)o1. The normalized spacial score (nSPS) is 11.3. The monoisotopic (exact) mass is 404 g/mol. The van der Waals surface area contributed by atoms with Gasteiger partial charge in [-0.25, -0.2) is 9.48 Å². The molecular formula is C19H14Cl2N2O4. The molecule has 0 unspecified atom stereocenters. The Morgan fingerprint density at radius 1 is 1.26 bits per heavy atom. The first-order valence-corrected chi connectivity index (χ1v) is 8.61. The number of ketones is 1. The van der Waals surface area contributed by atoms with Crippen molar-refractivity contribution in [2.24, 2.45) is 0 Å². The van der Waals surface area contributed by atoms with Gasteiger partial charge in [-0.05, 0) is 38.1 Å². The first kappa shape index (κ1) is 18.9. The number of aromatic nitrogens is 2. The number of carbonyl (C=O) groups excluding carboxylic acids is 1. The Bertz CT molecular complexity index is 1130. The molecule has 0 fully saturated rings. The lowest BCUT2D eigenvalue weighted by Gasteiger charge is -2.05. The van der Waals surface area contributed by atoms with Crippen molar-refractivity contribution in [3.05, 3.63) is 79.6 Å². The van der Waals surface area contributed by atoms with Gasteiger partial charge in [0.05, 0.1) is 16.4 Å². The van der Waals surface area contributed by atoms with E-state index in [1.807, 2.05) is 0 Å². The summed E-state index contributed by atoms with van der Waals surface area (Å²) in [5, 5.41) is 14.9. The molecule has 1 aromatic carbocycles. The second-order valence-electron chi connectivity index (χ2n) is 5.76. The van der Waals surface area contributed by atoms with Crippen LogP contribution in [0.15, 0.2) is 45.6 Å². The fourth-order valence-corrected chi connectivity index (χ4v) is 3.09. The standard InChI is InChI=1S/C19H14Cl2N2O4/c1-10-9-16(25)17(19(26)27-10)15(24)8-7-12-11(2)22-23(18(12)21)14-6-4-3-5-13(14)20/h3-9,25H,1-2H3/b8-7+. The minimum Gasteiger partial charge on any atom is -0.507 e. The van der Waals surface area contributed by atoms with Crippen LogP contribution in [0.1, 0.15) is 27.4 Å². The van der Waals surface area contributed by atoms with Crippen molar-refractivity contribution in [2.45, 2.75) is 13.8 Å². The van der Waals surface area contributed by atoms with Gasteiger partial charge in [-0.3, -0.25) is 4.79 Å². The van der Waals surface area contributed by atoms with E-state index in [2.05, 4.69) is 5.10 Å². The van der Waals surface area contributed by atoms with Crippen LogP contribution >= 0.6 is 23.2 Å². The number of hydrogen-bond acceptors (Lipinski definition) is 5. The van der Waals surface area contributed by atoms with Gasteiger partial charge in [-0.1, -0.05) is 35.3 Å². The van der Waals surface area contributed by atoms with Gasteiger partial charge >= 0.3 is 5.63 Å². The minimum atomic E-state index is -0.906. The summed E-state index contributed by atoms with van der Waals surface area (Å²) in [6.45, 7) is 3.22. The van der Waals surface area contributed by atoms with E-state index in [1.165, 1.54) is 23.7 Å². The predicted octanol–water partition coefficient (Wildman–Crippen LogP) is 4.35. The smallest absolute Gasteiger partial charge is 0.351 e. The molecule has 1 N–H and O–H groups in total. The van der Waals surface area contributed by atoms with E-state index in [4.69, 9.17) is 27.6 Å². The topological polar surface area (TPSA) is 85.3 Å². The highest BCUT2D eigenvalue weighted by Gasteiger charge is 2.18. The van der Waals surface area contributed by atoms with Crippen molar-refractivity contribution in [1.29, 1.82) is 0 Å². The molecule has 0 aliphatic rings. The first-order chi connectivity index (χ1) is 12.8. The number of aromatic hydroxyl groups is 1. The van der Waals surface area contributed by atoms with Crippen LogP contribution < -0.4 is 5.63 Å². The van der Waals surface area contributed by atoms with Gasteiger partial charge in [0.2, 0.25) is 0 Å². The average molecular weight is 405 g/mol. The Morgan fingerprint density at radius 2 is 1.96 bits per heavy atom. The number of nitrogens with zero attached hydrogens (tertiary/aromatic N) is 2. The van der Waals surface area contributed by atoms with Crippen LogP contribution in [-0.4, -0.2) is 20.7 Å². The zero-order valence-electron chi connectivity index (χ0n) is 14.4.